The molecule has 1 fully saturated rings. The summed E-state index contributed by atoms with van der Waals surface area (Å²) in [4.78, 5) is 0. The lowest BCUT2D eigenvalue weighted by atomic mass is 9.81. The lowest BCUT2D eigenvalue weighted by Crippen LogP contribution is -2.21. The Balaban J connectivity index is 2.51. The molecule has 0 aromatic rings. The Bertz CT molecular complexity index is 129. The highest BCUT2D eigenvalue weighted by molar-refractivity contribution is 4.85. The third-order valence-corrected chi connectivity index (χ3v) is 3.73. The summed E-state index contributed by atoms with van der Waals surface area (Å²) in [7, 11) is 0. The van der Waals surface area contributed by atoms with Gasteiger partial charge in [0.2, 0.25) is 0 Å². The van der Waals surface area contributed by atoms with E-state index < -0.39 is 0 Å². The van der Waals surface area contributed by atoms with E-state index in [9.17, 15) is 5.11 Å². The van der Waals surface area contributed by atoms with Crippen molar-refractivity contribution in [2.45, 2.75) is 52.6 Å². The summed E-state index contributed by atoms with van der Waals surface area (Å²) < 4.78 is 0. The van der Waals surface area contributed by atoms with Crippen molar-refractivity contribution >= 4 is 0 Å². The molecule has 0 spiro atoms. The van der Waals surface area contributed by atoms with E-state index >= 15 is 0 Å². The maximum absolute atomic E-state index is 9.61. The standard InChI is InChI=1S/C11H22O/c1-4-9(5-2)10-6-7-11(12)8(10)3/h8-12H,4-7H2,1-3H3. The van der Waals surface area contributed by atoms with Crippen LogP contribution in [0.25, 0.3) is 0 Å². The molecule has 3 atom stereocenters. The summed E-state index contributed by atoms with van der Waals surface area (Å²) >= 11 is 0. The molecule has 0 radical (unpaired) electrons. The Morgan fingerprint density at radius 2 is 1.83 bits per heavy atom. The van der Waals surface area contributed by atoms with Crippen molar-refractivity contribution in [2.75, 3.05) is 0 Å². The highest BCUT2D eigenvalue weighted by Gasteiger charge is 2.34. The quantitative estimate of drug-likeness (QED) is 0.690. The zero-order valence-corrected chi connectivity index (χ0v) is 8.59. The topological polar surface area (TPSA) is 20.2 Å². The Morgan fingerprint density at radius 1 is 1.25 bits per heavy atom. The Kier molecular flexibility index (Phi) is 3.57. The van der Waals surface area contributed by atoms with Gasteiger partial charge in [0.15, 0.2) is 0 Å². The monoisotopic (exact) mass is 170 g/mol. The van der Waals surface area contributed by atoms with Gasteiger partial charge in [-0.05, 0) is 30.6 Å². The SMILES string of the molecule is CCC(CC)C1CCC(O)C1C. The molecule has 1 heteroatoms. The second-order valence-corrected chi connectivity index (χ2v) is 4.24. The molecule has 3 unspecified atom stereocenters. The molecule has 12 heavy (non-hydrogen) atoms. The molecule has 0 heterocycles. The Labute approximate surface area is 76.2 Å². The van der Waals surface area contributed by atoms with Gasteiger partial charge in [0.1, 0.15) is 0 Å². The van der Waals surface area contributed by atoms with Crippen LogP contribution in [-0.2, 0) is 0 Å². The lowest BCUT2D eigenvalue weighted by molar-refractivity contribution is 0.112. The third-order valence-electron chi connectivity index (χ3n) is 3.73. The number of hydrogen-bond donors (Lipinski definition) is 1. The van der Waals surface area contributed by atoms with Crippen molar-refractivity contribution in [3.63, 3.8) is 0 Å². The molecule has 0 aromatic carbocycles. The first-order chi connectivity index (χ1) is 5.70. The van der Waals surface area contributed by atoms with E-state index in [1.807, 2.05) is 0 Å². The maximum Gasteiger partial charge on any atom is 0.0568 e. The van der Waals surface area contributed by atoms with Crippen molar-refractivity contribution < 1.29 is 5.11 Å². The van der Waals surface area contributed by atoms with Gasteiger partial charge in [-0.1, -0.05) is 33.6 Å². The summed E-state index contributed by atoms with van der Waals surface area (Å²) in [5.41, 5.74) is 0. The molecule has 0 aromatic heterocycles. The van der Waals surface area contributed by atoms with Crippen LogP contribution in [0, 0.1) is 17.8 Å². The molecule has 1 N–H and O–H groups in total. The maximum atomic E-state index is 9.61. The van der Waals surface area contributed by atoms with Gasteiger partial charge in [-0.3, -0.25) is 0 Å². The van der Waals surface area contributed by atoms with Crippen LogP contribution >= 0.6 is 0 Å². The van der Waals surface area contributed by atoms with Crippen molar-refractivity contribution in [1.82, 2.24) is 0 Å². The fourth-order valence-electron chi connectivity index (χ4n) is 2.73. The van der Waals surface area contributed by atoms with E-state index in [1.54, 1.807) is 0 Å². The van der Waals surface area contributed by atoms with Gasteiger partial charge in [-0.2, -0.15) is 0 Å². The van der Waals surface area contributed by atoms with E-state index in [0.717, 1.165) is 18.3 Å². The van der Waals surface area contributed by atoms with Crippen molar-refractivity contribution in [3.05, 3.63) is 0 Å². The van der Waals surface area contributed by atoms with Crippen LogP contribution in [0.2, 0.25) is 0 Å². The van der Waals surface area contributed by atoms with Crippen LogP contribution in [0.1, 0.15) is 46.5 Å². The number of aliphatic hydroxyl groups excluding tert-OH is 1. The van der Waals surface area contributed by atoms with Crippen molar-refractivity contribution in [3.8, 4) is 0 Å². The lowest BCUT2D eigenvalue weighted by Gasteiger charge is -2.25. The number of aliphatic hydroxyl groups is 1. The van der Waals surface area contributed by atoms with Gasteiger partial charge in [-0.15, -0.1) is 0 Å². The fourth-order valence-corrected chi connectivity index (χ4v) is 2.73. The van der Waals surface area contributed by atoms with Gasteiger partial charge in [0.25, 0.3) is 0 Å². The summed E-state index contributed by atoms with van der Waals surface area (Å²) in [5, 5.41) is 9.61. The van der Waals surface area contributed by atoms with Crippen molar-refractivity contribution in [1.29, 1.82) is 0 Å². The normalized spacial score (nSPS) is 36.2. The minimum atomic E-state index is -0.0180. The van der Waals surface area contributed by atoms with E-state index in [4.69, 9.17) is 0 Å². The molecular formula is C11H22O. The van der Waals surface area contributed by atoms with Crippen LogP contribution in [0.4, 0.5) is 0 Å². The smallest absolute Gasteiger partial charge is 0.0568 e. The molecule has 0 aliphatic heterocycles. The van der Waals surface area contributed by atoms with Crippen LogP contribution in [0.3, 0.4) is 0 Å². The van der Waals surface area contributed by atoms with E-state index in [0.29, 0.717) is 5.92 Å². The molecule has 0 bridgehead atoms. The molecular weight excluding hydrogens is 148 g/mol. The van der Waals surface area contributed by atoms with Crippen LogP contribution < -0.4 is 0 Å². The predicted molar refractivity (Wildman–Crippen MR) is 52.0 cm³/mol. The first-order valence-electron chi connectivity index (χ1n) is 5.38. The summed E-state index contributed by atoms with van der Waals surface area (Å²) in [6, 6.07) is 0. The fraction of sp³-hybridized carbons (Fsp3) is 1.00. The molecule has 1 aliphatic carbocycles. The molecule has 1 aliphatic rings. The van der Waals surface area contributed by atoms with E-state index in [2.05, 4.69) is 20.8 Å². The van der Waals surface area contributed by atoms with Crippen molar-refractivity contribution in [2.24, 2.45) is 17.8 Å². The van der Waals surface area contributed by atoms with Crippen LogP contribution in [0.15, 0.2) is 0 Å². The molecule has 1 saturated carbocycles. The molecule has 0 amide bonds. The zero-order valence-electron chi connectivity index (χ0n) is 8.59. The van der Waals surface area contributed by atoms with Gasteiger partial charge in [0.05, 0.1) is 6.10 Å². The van der Waals surface area contributed by atoms with Crippen LogP contribution in [0.5, 0.6) is 0 Å². The van der Waals surface area contributed by atoms with E-state index in [-0.39, 0.29) is 6.10 Å². The molecule has 0 saturated heterocycles. The van der Waals surface area contributed by atoms with Gasteiger partial charge in [0, 0.05) is 0 Å². The second-order valence-electron chi connectivity index (χ2n) is 4.24. The van der Waals surface area contributed by atoms with Crippen LogP contribution in [-0.4, -0.2) is 11.2 Å². The summed E-state index contributed by atoms with van der Waals surface area (Å²) in [6.45, 7) is 6.75. The molecule has 72 valence electrons. The third kappa shape index (κ3) is 1.82. The minimum Gasteiger partial charge on any atom is -0.393 e. The average Bonchev–Trinajstić information content (AvgIpc) is 2.38. The van der Waals surface area contributed by atoms with Gasteiger partial charge < -0.3 is 5.11 Å². The zero-order chi connectivity index (χ0) is 9.14. The first-order valence-corrected chi connectivity index (χ1v) is 5.38. The number of rotatable bonds is 3. The molecule has 1 nitrogen and oxygen atoms in total. The largest absolute Gasteiger partial charge is 0.393 e. The molecule has 1 rings (SSSR count). The van der Waals surface area contributed by atoms with Gasteiger partial charge in [-0.25, -0.2) is 0 Å². The number of hydrogen-bond acceptors (Lipinski definition) is 1. The Hall–Kier alpha value is -0.0400. The first kappa shape index (κ1) is 10.0. The highest BCUT2D eigenvalue weighted by atomic mass is 16.3. The predicted octanol–water partition coefficient (Wildman–Crippen LogP) is 2.83. The summed E-state index contributed by atoms with van der Waals surface area (Å²) in [5.74, 6) is 2.17. The van der Waals surface area contributed by atoms with E-state index in [1.165, 1.54) is 19.3 Å². The Morgan fingerprint density at radius 3 is 2.17 bits per heavy atom. The highest BCUT2D eigenvalue weighted by Crippen LogP contribution is 2.39. The average molecular weight is 170 g/mol. The summed E-state index contributed by atoms with van der Waals surface area (Å²) in [6.07, 6.45) is 4.81. The van der Waals surface area contributed by atoms with Gasteiger partial charge >= 0.3 is 0 Å². The second kappa shape index (κ2) is 4.27. The minimum absolute atomic E-state index is 0.0180.